The van der Waals surface area contributed by atoms with Crippen molar-refractivity contribution in [2.24, 2.45) is 5.92 Å². The van der Waals surface area contributed by atoms with Crippen molar-refractivity contribution in [3.63, 3.8) is 0 Å². The van der Waals surface area contributed by atoms with E-state index in [0.29, 0.717) is 11.8 Å². The minimum Gasteiger partial charge on any atom is -0.375 e. The fourth-order valence-electron chi connectivity index (χ4n) is 4.23. The molecule has 0 aromatic heterocycles. The summed E-state index contributed by atoms with van der Waals surface area (Å²) in [7, 11) is 0. The Morgan fingerprint density at radius 2 is 2.05 bits per heavy atom. The SMILES string of the molecule is CC1CN(C2CCOC3(CCCCC3)C2)CCC1=O. The summed E-state index contributed by atoms with van der Waals surface area (Å²) in [4.78, 5) is 14.2. The van der Waals surface area contributed by atoms with E-state index in [2.05, 4.69) is 11.8 Å². The first kappa shape index (κ1) is 13.6. The van der Waals surface area contributed by atoms with Gasteiger partial charge in [0, 0.05) is 38.1 Å². The van der Waals surface area contributed by atoms with E-state index in [1.165, 1.54) is 38.5 Å². The molecule has 19 heavy (non-hydrogen) atoms. The second-order valence-corrected chi connectivity index (χ2v) is 6.85. The molecule has 2 atom stereocenters. The zero-order valence-corrected chi connectivity index (χ0v) is 12.2. The average molecular weight is 265 g/mol. The minimum atomic E-state index is 0.186. The Hall–Kier alpha value is -0.410. The average Bonchev–Trinajstić information content (AvgIpc) is 2.43. The van der Waals surface area contributed by atoms with E-state index in [0.717, 1.165) is 32.5 Å². The molecule has 1 aliphatic carbocycles. The Balaban J connectivity index is 1.63. The Morgan fingerprint density at radius 1 is 1.26 bits per heavy atom. The maximum absolute atomic E-state index is 11.7. The molecule has 2 saturated heterocycles. The van der Waals surface area contributed by atoms with E-state index in [-0.39, 0.29) is 11.5 Å². The second-order valence-electron chi connectivity index (χ2n) is 6.85. The Labute approximate surface area is 116 Å². The predicted molar refractivity (Wildman–Crippen MR) is 75.2 cm³/mol. The van der Waals surface area contributed by atoms with Crippen molar-refractivity contribution in [2.45, 2.75) is 69.9 Å². The first-order chi connectivity index (χ1) is 9.19. The molecule has 0 aromatic carbocycles. The van der Waals surface area contributed by atoms with Crippen molar-refractivity contribution in [1.82, 2.24) is 4.90 Å². The monoisotopic (exact) mass is 265 g/mol. The third kappa shape index (κ3) is 2.87. The van der Waals surface area contributed by atoms with E-state index in [1.807, 2.05) is 0 Å². The van der Waals surface area contributed by atoms with Crippen LogP contribution in [0.1, 0.15) is 58.3 Å². The number of ether oxygens (including phenoxy) is 1. The molecular formula is C16H27NO2. The van der Waals surface area contributed by atoms with Gasteiger partial charge in [-0.2, -0.15) is 0 Å². The molecule has 3 rings (SSSR count). The molecule has 1 saturated carbocycles. The number of carbonyl (C=O) groups excluding carboxylic acids is 1. The Bertz CT molecular complexity index is 330. The van der Waals surface area contributed by atoms with Crippen LogP contribution in [0.2, 0.25) is 0 Å². The highest BCUT2D eigenvalue weighted by molar-refractivity contribution is 5.81. The van der Waals surface area contributed by atoms with Crippen molar-refractivity contribution in [1.29, 1.82) is 0 Å². The summed E-state index contributed by atoms with van der Waals surface area (Å²) in [6.45, 7) is 4.96. The highest BCUT2D eigenvalue weighted by Crippen LogP contribution is 2.40. The van der Waals surface area contributed by atoms with Gasteiger partial charge in [-0.1, -0.05) is 26.2 Å². The van der Waals surface area contributed by atoms with Crippen LogP contribution in [-0.4, -0.2) is 42.0 Å². The van der Waals surface area contributed by atoms with Gasteiger partial charge in [0.2, 0.25) is 0 Å². The molecule has 0 bridgehead atoms. The van der Waals surface area contributed by atoms with Crippen molar-refractivity contribution >= 4 is 5.78 Å². The van der Waals surface area contributed by atoms with Crippen LogP contribution in [0.15, 0.2) is 0 Å². The van der Waals surface area contributed by atoms with E-state index in [1.54, 1.807) is 0 Å². The Morgan fingerprint density at radius 3 is 2.79 bits per heavy atom. The number of likely N-dealkylation sites (tertiary alicyclic amines) is 1. The van der Waals surface area contributed by atoms with E-state index >= 15 is 0 Å². The first-order valence-electron chi connectivity index (χ1n) is 8.09. The van der Waals surface area contributed by atoms with Gasteiger partial charge in [0.15, 0.2) is 0 Å². The van der Waals surface area contributed by atoms with Crippen LogP contribution in [0.25, 0.3) is 0 Å². The lowest BCUT2D eigenvalue weighted by atomic mass is 9.77. The van der Waals surface area contributed by atoms with Crippen LogP contribution >= 0.6 is 0 Å². The zero-order valence-electron chi connectivity index (χ0n) is 12.2. The summed E-state index contributed by atoms with van der Waals surface area (Å²) in [5.74, 6) is 0.689. The molecule has 1 spiro atoms. The summed E-state index contributed by atoms with van der Waals surface area (Å²) < 4.78 is 6.18. The summed E-state index contributed by atoms with van der Waals surface area (Å²) in [6.07, 6.45) is 9.67. The fourth-order valence-corrected chi connectivity index (χ4v) is 4.23. The fraction of sp³-hybridized carbons (Fsp3) is 0.938. The highest BCUT2D eigenvalue weighted by atomic mass is 16.5. The third-order valence-electron chi connectivity index (χ3n) is 5.45. The van der Waals surface area contributed by atoms with Crippen LogP contribution < -0.4 is 0 Å². The minimum absolute atomic E-state index is 0.186. The van der Waals surface area contributed by atoms with Crippen molar-refractivity contribution in [3.8, 4) is 0 Å². The normalized spacial score (nSPS) is 36.6. The molecule has 3 heteroatoms. The van der Waals surface area contributed by atoms with Crippen LogP contribution in [0, 0.1) is 5.92 Å². The summed E-state index contributed by atoms with van der Waals surface area (Å²) in [6, 6.07) is 0.655. The molecule has 3 aliphatic rings. The van der Waals surface area contributed by atoms with Gasteiger partial charge in [0.1, 0.15) is 5.78 Å². The van der Waals surface area contributed by atoms with E-state index in [9.17, 15) is 4.79 Å². The highest BCUT2D eigenvalue weighted by Gasteiger charge is 2.41. The lowest BCUT2D eigenvalue weighted by molar-refractivity contribution is -0.136. The van der Waals surface area contributed by atoms with Crippen molar-refractivity contribution in [3.05, 3.63) is 0 Å². The molecular weight excluding hydrogens is 238 g/mol. The van der Waals surface area contributed by atoms with Gasteiger partial charge in [-0.15, -0.1) is 0 Å². The van der Waals surface area contributed by atoms with Crippen LogP contribution in [0.5, 0.6) is 0 Å². The number of rotatable bonds is 1. The van der Waals surface area contributed by atoms with Gasteiger partial charge in [-0.25, -0.2) is 0 Å². The van der Waals surface area contributed by atoms with Gasteiger partial charge in [-0.3, -0.25) is 9.69 Å². The maximum Gasteiger partial charge on any atom is 0.138 e. The number of ketones is 1. The molecule has 2 aliphatic heterocycles. The third-order valence-corrected chi connectivity index (χ3v) is 5.45. The van der Waals surface area contributed by atoms with Gasteiger partial charge >= 0.3 is 0 Å². The van der Waals surface area contributed by atoms with Gasteiger partial charge < -0.3 is 4.74 Å². The molecule has 0 N–H and O–H groups in total. The predicted octanol–water partition coefficient (Wildman–Crippen LogP) is 2.78. The lowest BCUT2D eigenvalue weighted by Gasteiger charge is -2.47. The molecule has 3 nitrogen and oxygen atoms in total. The molecule has 108 valence electrons. The summed E-state index contributed by atoms with van der Waals surface area (Å²) in [5, 5.41) is 0. The maximum atomic E-state index is 11.7. The molecule has 0 radical (unpaired) electrons. The number of hydrogen-bond acceptors (Lipinski definition) is 3. The van der Waals surface area contributed by atoms with Gasteiger partial charge in [0.25, 0.3) is 0 Å². The second kappa shape index (κ2) is 5.53. The smallest absolute Gasteiger partial charge is 0.138 e. The molecule has 2 heterocycles. The van der Waals surface area contributed by atoms with Crippen molar-refractivity contribution in [2.75, 3.05) is 19.7 Å². The lowest BCUT2D eigenvalue weighted by Crippen LogP contribution is -2.53. The molecule has 0 amide bonds. The van der Waals surface area contributed by atoms with E-state index < -0.39 is 0 Å². The van der Waals surface area contributed by atoms with Crippen LogP contribution in [0.4, 0.5) is 0 Å². The molecule has 3 fully saturated rings. The Kier molecular flexibility index (Phi) is 3.95. The number of nitrogens with zero attached hydrogens (tertiary/aromatic N) is 1. The summed E-state index contributed by atoms with van der Waals surface area (Å²) >= 11 is 0. The van der Waals surface area contributed by atoms with E-state index in [4.69, 9.17) is 4.74 Å². The number of piperidine rings is 1. The number of carbonyl (C=O) groups is 1. The van der Waals surface area contributed by atoms with Crippen molar-refractivity contribution < 1.29 is 9.53 Å². The first-order valence-corrected chi connectivity index (χ1v) is 8.09. The number of Topliss-reactive ketones (excluding diaryl/α,β-unsaturated/α-hetero) is 1. The summed E-state index contributed by atoms with van der Waals surface area (Å²) in [5.41, 5.74) is 0.186. The van der Waals surface area contributed by atoms with Crippen LogP contribution in [0.3, 0.4) is 0 Å². The topological polar surface area (TPSA) is 29.5 Å². The molecule has 2 unspecified atom stereocenters. The van der Waals surface area contributed by atoms with Gasteiger partial charge in [0.05, 0.1) is 5.60 Å². The quantitative estimate of drug-likeness (QED) is 0.730. The zero-order chi connectivity index (χ0) is 13.3. The molecule has 0 aromatic rings. The van der Waals surface area contributed by atoms with Crippen LogP contribution in [-0.2, 0) is 9.53 Å². The largest absolute Gasteiger partial charge is 0.375 e. The van der Waals surface area contributed by atoms with Gasteiger partial charge in [-0.05, 0) is 25.7 Å². The number of hydrogen-bond donors (Lipinski definition) is 0. The standard InChI is InChI=1S/C16H27NO2/c1-13-12-17(9-5-15(13)18)14-6-10-19-16(11-14)7-3-2-4-8-16/h13-14H,2-12H2,1H3.